The van der Waals surface area contributed by atoms with Gasteiger partial charge < -0.3 is 10.0 Å². The van der Waals surface area contributed by atoms with Gasteiger partial charge in [-0.15, -0.1) is 0 Å². The normalized spacial score (nSPS) is 17.4. The Morgan fingerprint density at radius 2 is 1.89 bits per heavy atom. The maximum absolute atomic E-state index is 12.1. The topological polar surface area (TPSA) is 40.5 Å². The molecule has 104 valence electrons. The van der Waals surface area contributed by atoms with Gasteiger partial charge in [0.2, 0.25) is 5.91 Å². The molecule has 0 saturated heterocycles. The van der Waals surface area contributed by atoms with Gasteiger partial charge in [0.25, 0.3) is 0 Å². The number of benzene rings is 1. The van der Waals surface area contributed by atoms with Gasteiger partial charge in [0.05, 0.1) is 12.0 Å². The Hall–Kier alpha value is -1.35. The van der Waals surface area contributed by atoms with Crippen LogP contribution in [0.3, 0.4) is 0 Å². The molecule has 1 fully saturated rings. The van der Waals surface area contributed by atoms with Crippen LogP contribution in [0.2, 0.25) is 0 Å². The van der Waals surface area contributed by atoms with Crippen molar-refractivity contribution in [2.75, 3.05) is 13.6 Å². The van der Waals surface area contributed by atoms with Crippen LogP contribution in [0.5, 0.6) is 0 Å². The van der Waals surface area contributed by atoms with Crippen molar-refractivity contribution < 1.29 is 9.90 Å². The zero-order valence-electron chi connectivity index (χ0n) is 11.6. The van der Waals surface area contributed by atoms with Crippen molar-refractivity contribution in [3.63, 3.8) is 0 Å². The van der Waals surface area contributed by atoms with Crippen LogP contribution >= 0.6 is 0 Å². The van der Waals surface area contributed by atoms with Crippen molar-refractivity contribution in [1.82, 2.24) is 4.90 Å². The van der Waals surface area contributed by atoms with Crippen molar-refractivity contribution in [3.05, 3.63) is 35.9 Å². The summed E-state index contributed by atoms with van der Waals surface area (Å²) in [6.07, 6.45) is 4.76. The van der Waals surface area contributed by atoms with Crippen LogP contribution in [0.15, 0.2) is 30.3 Å². The summed E-state index contributed by atoms with van der Waals surface area (Å²) in [5.74, 6) is 0.0559. The highest BCUT2D eigenvalue weighted by Crippen LogP contribution is 2.32. The van der Waals surface area contributed by atoms with Crippen molar-refractivity contribution in [1.29, 1.82) is 0 Å². The van der Waals surface area contributed by atoms with Crippen LogP contribution in [0, 0.1) is 0 Å². The van der Waals surface area contributed by atoms with E-state index in [9.17, 15) is 9.90 Å². The highest BCUT2D eigenvalue weighted by Gasteiger charge is 2.34. The Morgan fingerprint density at radius 1 is 1.26 bits per heavy atom. The fourth-order valence-corrected chi connectivity index (χ4v) is 2.69. The van der Waals surface area contributed by atoms with E-state index in [2.05, 4.69) is 12.1 Å². The molecule has 3 nitrogen and oxygen atoms in total. The van der Waals surface area contributed by atoms with Crippen molar-refractivity contribution in [2.24, 2.45) is 0 Å². The molecule has 0 atom stereocenters. The number of hydrogen-bond donors (Lipinski definition) is 1. The molecule has 0 unspecified atom stereocenters. The van der Waals surface area contributed by atoms with Gasteiger partial charge in [0.1, 0.15) is 0 Å². The van der Waals surface area contributed by atoms with Gasteiger partial charge in [0.15, 0.2) is 0 Å². The van der Waals surface area contributed by atoms with E-state index in [0.29, 0.717) is 6.54 Å². The molecule has 0 aromatic heterocycles. The average molecular weight is 261 g/mol. The largest absolute Gasteiger partial charge is 0.389 e. The lowest BCUT2D eigenvalue weighted by molar-refractivity contribution is -0.134. The second kappa shape index (κ2) is 6.20. The third-order valence-corrected chi connectivity index (χ3v) is 4.02. The maximum Gasteiger partial charge on any atom is 0.225 e. The standard InChI is InChI=1S/C16H23NO2/c1-17(12-9-14-7-3-2-4-8-14)15(18)13-16(19)10-5-6-11-16/h2-4,7-8,19H,5-6,9-13H2,1H3. The lowest BCUT2D eigenvalue weighted by Crippen LogP contribution is -2.36. The number of aliphatic hydroxyl groups is 1. The van der Waals surface area contributed by atoms with Crippen LogP contribution < -0.4 is 0 Å². The van der Waals surface area contributed by atoms with Crippen molar-refractivity contribution in [2.45, 2.75) is 44.1 Å². The van der Waals surface area contributed by atoms with Gasteiger partial charge in [-0.1, -0.05) is 43.2 Å². The fourth-order valence-electron chi connectivity index (χ4n) is 2.69. The summed E-state index contributed by atoms with van der Waals surface area (Å²) in [5.41, 5.74) is 0.500. The van der Waals surface area contributed by atoms with E-state index in [4.69, 9.17) is 0 Å². The second-order valence-corrected chi connectivity index (χ2v) is 5.66. The first kappa shape index (κ1) is 14.1. The first-order valence-corrected chi connectivity index (χ1v) is 7.09. The average Bonchev–Trinajstić information content (AvgIpc) is 2.83. The number of hydrogen-bond acceptors (Lipinski definition) is 2. The van der Waals surface area contributed by atoms with Gasteiger partial charge >= 0.3 is 0 Å². The van der Waals surface area contributed by atoms with E-state index < -0.39 is 5.60 Å². The Morgan fingerprint density at radius 3 is 2.53 bits per heavy atom. The summed E-state index contributed by atoms with van der Waals surface area (Å²) >= 11 is 0. The molecule has 1 aliphatic carbocycles. The minimum atomic E-state index is -0.738. The van der Waals surface area contributed by atoms with Crippen LogP contribution in [0.4, 0.5) is 0 Å². The summed E-state index contributed by atoms with van der Waals surface area (Å²) in [6, 6.07) is 10.2. The predicted octanol–water partition coefficient (Wildman–Crippen LogP) is 2.38. The van der Waals surface area contributed by atoms with Gasteiger partial charge in [0, 0.05) is 13.6 Å². The molecular formula is C16H23NO2. The molecule has 1 N–H and O–H groups in total. The van der Waals surface area contributed by atoms with Crippen LogP contribution in [-0.2, 0) is 11.2 Å². The minimum Gasteiger partial charge on any atom is -0.389 e. The quantitative estimate of drug-likeness (QED) is 0.884. The Balaban J connectivity index is 1.79. The maximum atomic E-state index is 12.1. The summed E-state index contributed by atoms with van der Waals surface area (Å²) in [4.78, 5) is 13.8. The number of nitrogens with zero attached hydrogens (tertiary/aromatic N) is 1. The lowest BCUT2D eigenvalue weighted by atomic mass is 9.97. The molecule has 1 aromatic rings. The number of rotatable bonds is 5. The molecule has 0 heterocycles. The molecule has 0 radical (unpaired) electrons. The van der Waals surface area contributed by atoms with Crippen molar-refractivity contribution >= 4 is 5.91 Å². The van der Waals surface area contributed by atoms with Gasteiger partial charge in [-0.2, -0.15) is 0 Å². The highest BCUT2D eigenvalue weighted by molar-refractivity contribution is 5.77. The molecule has 2 rings (SSSR count). The van der Waals surface area contributed by atoms with E-state index in [0.717, 1.165) is 32.1 Å². The first-order chi connectivity index (χ1) is 9.09. The Labute approximate surface area is 115 Å². The third-order valence-electron chi connectivity index (χ3n) is 4.02. The second-order valence-electron chi connectivity index (χ2n) is 5.66. The summed E-state index contributed by atoms with van der Waals surface area (Å²) < 4.78 is 0. The van der Waals surface area contributed by atoms with E-state index in [1.165, 1.54) is 5.56 Å². The monoisotopic (exact) mass is 261 g/mol. The van der Waals surface area contributed by atoms with E-state index in [1.54, 1.807) is 4.90 Å². The van der Waals surface area contributed by atoms with E-state index in [-0.39, 0.29) is 12.3 Å². The highest BCUT2D eigenvalue weighted by atomic mass is 16.3. The smallest absolute Gasteiger partial charge is 0.225 e. The third kappa shape index (κ3) is 4.06. The number of carbonyl (C=O) groups excluding carboxylic acids is 1. The lowest BCUT2D eigenvalue weighted by Gasteiger charge is -2.25. The van der Waals surface area contributed by atoms with Crippen LogP contribution in [0.1, 0.15) is 37.7 Å². The molecule has 3 heteroatoms. The number of amides is 1. The first-order valence-electron chi connectivity index (χ1n) is 7.09. The number of likely N-dealkylation sites (N-methyl/N-ethyl adjacent to an activating group) is 1. The van der Waals surface area contributed by atoms with Crippen LogP contribution in [-0.4, -0.2) is 35.1 Å². The van der Waals surface area contributed by atoms with Gasteiger partial charge in [-0.25, -0.2) is 0 Å². The fraction of sp³-hybridized carbons (Fsp3) is 0.562. The molecule has 1 amide bonds. The molecule has 0 aliphatic heterocycles. The molecular weight excluding hydrogens is 238 g/mol. The van der Waals surface area contributed by atoms with E-state index >= 15 is 0 Å². The summed E-state index contributed by atoms with van der Waals surface area (Å²) in [6.45, 7) is 0.707. The molecule has 0 bridgehead atoms. The SMILES string of the molecule is CN(CCc1ccccc1)C(=O)CC1(O)CCCC1. The van der Waals surface area contributed by atoms with Crippen LogP contribution in [0.25, 0.3) is 0 Å². The predicted molar refractivity (Wildman–Crippen MR) is 75.8 cm³/mol. The van der Waals surface area contributed by atoms with Gasteiger partial charge in [-0.05, 0) is 24.8 Å². The molecule has 1 saturated carbocycles. The zero-order chi connectivity index (χ0) is 13.7. The Kier molecular flexibility index (Phi) is 4.59. The summed E-state index contributed by atoms with van der Waals surface area (Å²) in [7, 11) is 1.82. The number of carbonyl (C=O) groups is 1. The minimum absolute atomic E-state index is 0.0559. The summed E-state index contributed by atoms with van der Waals surface area (Å²) in [5, 5.41) is 10.2. The Bertz CT molecular complexity index is 410. The molecule has 1 aromatic carbocycles. The van der Waals surface area contributed by atoms with Crippen molar-refractivity contribution in [3.8, 4) is 0 Å². The van der Waals surface area contributed by atoms with E-state index in [1.807, 2.05) is 25.2 Å². The molecule has 0 spiro atoms. The zero-order valence-corrected chi connectivity index (χ0v) is 11.6. The van der Waals surface area contributed by atoms with Gasteiger partial charge in [-0.3, -0.25) is 4.79 Å². The molecule has 19 heavy (non-hydrogen) atoms. The molecule has 1 aliphatic rings.